The molecule has 5 heteroatoms. The van der Waals surface area contributed by atoms with Crippen LogP contribution >= 0.6 is 15.9 Å². The summed E-state index contributed by atoms with van der Waals surface area (Å²) in [5.74, 6) is 1.21. The molecular weight excluding hydrogens is 466 g/mol. The van der Waals surface area contributed by atoms with Gasteiger partial charge in [-0.25, -0.2) is 0 Å². The van der Waals surface area contributed by atoms with E-state index in [0.29, 0.717) is 17.0 Å². The van der Waals surface area contributed by atoms with Crippen molar-refractivity contribution in [1.29, 1.82) is 0 Å². The van der Waals surface area contributed by atoms with Crippen LogP contribution < -0.4 is 14.8 Å². The van der Waals surface area contributed by atoms with Gasteiger partial charge in [0.25, 0.3) is 5.91 Å². The molecule has 0 bridgehead atoms. The molecule has 0 heterocycles. The number of halogens is 1. The number of benzene rings is 4. The molecule has 4 nitrogen and oxygen atoms in total. The average molecular weight is 488 g/mol. The zero-order chi connectivity index (χ0) is 22.3. The lowest BCUT2D eigenvalue weighted by Gasteiger charge is -2.13. The number of methoxy groups -OCH3 is 1. The normalized spacial score (nSPS) is 10.4. The number of rotatable bonds is 7. The maximum absolute atomic E-state index is 12.8. The maximum atomic E-state index is 12.8. The fourth-order valence-corrected chi connectivity index (χ4v) is 3.71. The van der Waals surface area contributed by atoms with Crippen LogP contribution in [0.5, 0.6) is 11.5 Å². The van der Waals surface area contributed by atoms with E-state index in [1.54, 1.807) is 25.3 Å². The molecule has 1 N–H and O–H groups in total. The summed E-state index contributed by atoms with van der Waals surface area (Å²) in [5, 5.41) is 2.92. The third kappa shape index (κ3) is 5.18. The highest BCUT2D eigenvalue weighted by molar-refractivity contribution is 9.10. The first-order valence-electron chi connectivity index (χ1n) is 10.1. The molecule has 1 amide bonds. The van der Waals surface area contributed by atoms with Gasteiger partial charge in [0.15, 0.2) is 0 Å². The van der Waals surface area contributed by atoms with Crippen molar-refractivity contribution in [2.75, 3.05) is 12.4 Å². The second kappa shape index (κ2) is 10.2. The van der Waals surface area contributed by atoms with Crippen molar-refractivity contribution in [2.45, 2.75) is 6.61 Å². The van der Waals surface area contributed by atoms with Crippen LogP contribution in [0.15, 0.2) is 102 Å². The molecule has 0 aromatic heterocycles. The lowest BCUT2D eigenvalue weighted by atomic mass is 10.1. The predicted molar refractivity (Wildman–Crippen MR) is 131 cm³/mol. The first-order valence-corrected chi connectivity index (χ1v) is 10.9. The Hall–Kier alpha value is -3.57. The molecule has 0 unspecified atom stereocenters. The molecule has 0 atom stereocenters. The van der Waals surface area contributed by atoms with Gasteiger partial charge in [-0.1, -0.05) is 54.6 Å². The Labute approximate surface area is 196 Å². The minimum absolute atomic E-state index is 0.201. The monoisotopic (exact) mass is 487 g/mol. The standard InChI is InChI=1S/C27H22BrNO3/c1-31-26-16-13-21(27(30)29-25-10-6-5-9-24(25)28)17-22(26)18-32-23-14-11-20(12-15-23)19-7-3-2-4-8-19/h2-17H,18H2,1H3,(H,29,30). The van der Waals surface area contributed by atoms with E-state index in [0.717, 1.165) is 26.9 Å². The van der Waals surface area contributed by atoms with Gasteiger partial charge in [0.05, 0.1) is 12.8 Å². The Morgan fingerprint density at radius 1 is 0.844 bits per heavy atom. The fraction of sp³-hybridized carbons (Fsp3) is 0.0741. The molecule has 160 valence electrons. The summed E-state index contributed by atoms with van der Waals surface area (Å²) in [6, 6.07) is 30.9. The van der Waals surface area contributed by atoms with E-state index in [2.05, 4.69) is 33.4 Å². The number of carbonyl (C=O) groups is 1. The summed E-state index contributed by atoms with van der Waals surface area (Å²) in [6.45, 7) is 0.282. The molecule has 4 rings (SSSR count). The van der Waals surface area contributed by atoms with E-state index in [-0.39, 0.29) is 12.5 Å². The van der Waals surface area contributed by atoms with Crippen LogP contribution in [-0.4, -0.2) is 13.0 Å². The number of amides is 1. The Balaban J connectivity index is 1.47. The van der Waals surface area contributed by atoms with Crippen molar-refractivity contribution in [2.24, 2.45) is 0 Å². The Morgan fingerprint density at radius 3 is 2.25 bits per heavy atom. The highest BCUT2D eigenvalue weighted by atomic mass is 79.9. The van der Waals surface area contributed by atoms with Gasteiger partial charge in [-0.05, 0) is 69.5 Å². The van der Waals surface area contributed by atoms with Crippen molar-refractivity contribution in [3.8, 4) is 22.6 Å². The number of para-hydroxylation sites is 1. The SMILES string of the molecule is COc1ccc(C(=O)Nc2ccccc2Br)cc1COc1ccc(-c2ccccc2)cc1. The van der Waals surface area contributed by atoms with E-state index in [1.165, 1.54) is 0 Å². The van der Waals surface area contributed by atoms with Gasteiger partial charge in [0.1, 0.15) is 18.1 Å². The van der Waals surface area contributed by atoms with E-state index in [1.807, 2.05) is 66.7 Å². The number of carbonyl (C=O) groups excluding carboxylic acids is 1. The summed E-state index contributed by atoms with van der Waals surface area (Å²) in [6.07, 6.45) is 0. The lowest BCUT2D eigenvalue weighted by Crippen LogP contribution is -2.13. The third-order valence-corrected chi connectivity index (χ3v) is 5.71. The largest absolute Gasteiger partial charge is 0.496 e. The van der Waals surface area contributed by atoms with E-state index in [9.17, 15) is 4.79 Å². The average Bonchev–Trinajstić information content (AvgIpc) is 2.85. The number of ether oxygens (including phenoxy) is 2. The summed E-state index contributed by atoms with van der Waals surface area (Å²) in [5.41, 5.74) is 4.31. The van der Waals surface area contributed by atoms with Crippen molar-refractivity contribution in [1.82, 2.24) is 0 Å². The number of nitrogens with one attached hydrogen (secondary N) is 1. The number of anilines is 1. The van der Waals surface area contributed by atoms with Gasteiger partial charge in [-0.3, -0.25) is 4.79 Å². The molecule has 32 heavy (non-hydrogen) atoms. The second-order valence-electron chi connectivity index (χ2n) is 7.14. The first-order chi connectivity index (χ1) is 15.6. The summed E-state index contributed by atoms with van der Waals surface area (Å²) in [7, 11) is 1.61. The second-order valence-corrected chi connectivity index (χ2v) is 7.99. The molecule has 4 aromatic carbocycles. The van der Waals surface area contributed by atoms with Crippen LogP contribution in [0, 0.1) is 0 Å². The fourth-order valence-electron chi connectivity index (χ4n) is 3.32. The van der Waals surface area contributed by atoms with Gasteiger partial charge in [0, 0.05) is 15.6 Å². The molecule has 0 aliphatic carbocycles. The van der Waals surface area contributed by atoms with Gasteiger partial charge >= 0.3 is 0 Å². The number of hydrogen-bond acceptors (Lipinski definition) is 3. The molecule has 0 fully saturated rings. The van der Waals surface area contributed by atoms with Gasteiger partial charge in [-0.15, -0.1) is 0 Å². The smallest absolute Gasteiger partial charge is 0.255 e. The van der Waals surface area contributed by atoms with Gasteiger partial charge in [0.2, 0.25) is 0 Å². The van der Waals surface area contributed by atoms with Crippen LogP contribution in [-0.2, 0) is 6.61 Å². The first kappa shape index (κ1) is 21.7. The molecule has 0 saturated carbocycles. The summed E-state index contributed by atoms with van der Waals surface area (Å²) >= 11 is 3.45. The lowest BCUT2D eigenvalue weighted by molar-refractivity contribution is 0.102. The topological polar surface area (TPSA) is 47.6 Å². The van der Waals surface area contributed by atoms with Crippen molar-refractivity contribution in [3.05, 3.63) is 113 Å². The van der Waals surface area contributed by atoms with Crippen LogP contribution in [0.2, 0.25) is 0 Å². The van der Waals surface area contributed by atoms with Crippen LogP contribution in [0.1, 0.15) is 15.9 Å². The third-order valence-electron chi connectivity index (χ3n) is 5.02. The zero-order valence-corrected chi connectivity index (χ0v) is 19.1. The van der Waals surface area contributed by atoms with Crippen molar-refractivity contribution >= 4 is 27.5 Å². The highest BCUT2D eigenvalue weighted by Crippen LogP contribution is 2.26. The van der Waals surface area contributed by atoms with E-state index < -0.39 is 0 Å². The maximum Gasteiger partial charge on any atom is 0.255 e. The van der Waals surface area contributed by atoms with Gasteiger partial charge < -0.3 is 14.8 Å². The van der Waals surface area contributed by atoms with Crippen LogP contribution in [0.3, 0.4) is 0 Å². The van der Waals surface area contributed by atoms with Crippen molar-refractivity contribution in [3.63, 3.8) is 0 Å². The minimum Gasteiger partial charge on any atom is -0.496 e. The molecule has 0 radical (unpaired) electrons. The minimum atomic E-state index is -0.201. The van der Waals surface area contributed by atoms with Crippen molar-refractivity contribution < 1.29 is 14.3 Å². The highest BCUT2D eigenvalue weighted by Gasteiger charge is 2.12. The summed E-state index contributed by atoms with van der Waals surface area (Å²) < 4.78 is 12.3. The van der Waals surface area contributed by atoms with Gasteiger partial charge in [-0.2, -0.15) is 0 Å². The Morgan fingerprint density at radius 2 is 1.53 bits per heavy atom. The van der Waals surface area contributed by atoms with Crippen LogP contribution in [0.4, 0.5) is 5.69 Å². The molecule has 4 aromatic rings. The van der Waals surface area contributed by atoms with E-state index in [4.69, 9.17) is 9.47 Å². The molecule has 0 saturated heterocycles. The zero-order valence-electron chi connectivity index (χ0n) is 17.5. The quantitative estimate of drug-likeness (QED) is 0.306. The number of hydrogen-bond donors (Lipinski definition) is 1. The molecular formula is C27H22BrNO3. The predicted octanol–water partition coefficient (Wildman–Crippen LogP) is 6.96. The van der Waals surface area contributed by atoms with E-state index >= 15 is 0 Å². The Bertz CT molecular complexity index is 1210. The molecule has 0 aliphatic heterocycles. The summed E-state index contributed by atoms with van der Waals surface area (Å²) in [4.78, 5) is 12.8. The molecule has 0 aliphatic rings. The van der Waals surface area contributed by atoms with Crippen LogP contribution in [0.25, 0.3) is 11.1 Å². The Kier molecular flexibility index (Phi) is 6.87. The molecule has 0 spiro atoms.